The van der Waals surface area contributed by atoms with Crippen LogP contribution in [0.15, 0.2) is 78.6 Å². The summed E-state index contributed by atoms with van der Waals surface area (Å²) in [6, 6.07) is 11.0. The quantitative estimate of drug-likeness (QED) is 0.353. The number of benzene rings is 1. The molecule has 0 amide bonds. The molecule has 12 heteroatoms. The van der Waals surface area contributed by atoms with E-state index in [1.165, 1.54) is 12.4 Å². The maximum atomic E-state index is 13.8. The second kappa shape index (κ2) is 7.90. The zero-order chi connectivity index (χ0) is 25.1. The van der Waals surface area contributed by atoms with Crippen molar-refractivity contribution in [2.45, 2.75) is 5.03 Å². The Kier molecular flexibility index (Phi) is 4.60. The Bertz CT molecular complexity index is 1940. The van der Waals surface area contributed by atoms with E-state index < -0.39 is 10.0 Å². The van der Waals surface area contributed by atoms with Gasteiger partial charge in [-0.05, 0) is 41.5 Å². The van der Waals surface area contributed by atoms with Crippen LogP contribution in [0, 0.1) is 0 Å². The Morgan fingerprint density at radius 2 is 1.62 bits per heavy atom. The second-order valence-electron chi connectivity index (χ2n) is 8.62. The number of aryl methyl sites for hydroxylation is 1. The van der Waals surface area contributed by atoms with Gasteiger partial charge < -0.3 is 9.47 Å². The molecule has 0 spiro atoms. The van der Waals surface area contributed by atoms with E-state index in [1.54, 1.807) is 39.8 Å². The van der Waals surface area contributed by atoms with E-state index in [-0.39, 0.29) is 5.03 Å². The molecule has 0 N–H and O–H groups in total. The number of nitrogens with zero attached hydrogens (tertiary/aromatic N) is 7. The van der Waals surface area contributed by atoms with Crippen LogP contribution < -0.4 is 9.47 Å². The molecule has 0 saturated heterocycles. The van der Waals surface area contributed by atoms with Gasteiger partial charge in [0.05, 0.1) is 18.6 Å². The van der Waals surface area contributed by atoms with Gasteiger partial charge in [-0.25, -0.2) is 4.98 Å². The average molecular weight is 514 g/mol. The molecule has 0 radical (unpaired) electrons. The predicted molar refractivity (Wildman–Crippen MR) is 134 cm³/mol. The fourth-order valence-electron chi connectivity index (χ4n) is 4.44. The highest BCUT2D eigenvalue weighted by Gasteiger charge is 2.26. The predicted octanol–water partition coefficient (Wildman–Crippen LogP) is 3.15. The van der Waals surface area contributed by atoms with Crippen molar-refractivity contribution >= 4 is 26.7 Å². The van der Waals surface area contributed by atoms with Gasteiger partial charge in [-0.3, -0.25) is 14.1 Å². The molecule has 7 rings (SSSR count). The maximum absolute atomic E-state index is 13.8. The summed E-state index contributed by atoms with van der Waals surface area (Å²) < 4.78 is 43.2. The summed E-state index contributed by atoms with van der Waals surface area (Å²) in [6.07, 6.45) is 9.72. The molecule has 0 saturated carbocycles. The molecule has 0 bridgehead atoms. The molecule has 5 aromatic heterocycles. The van der Waals surface area contributed by atoms with Crippen LogP contribution in [0.4, 0.5) is 0 Å². The summed E-state index contributed by atoms with van der Waals surface area (Å²) in [5.74, 6) is 1.34. The van der Waals surface area contributed by atoms with Crippen LogP contribution in [0.25, 0.3) is 38.9 Å². The minimum absolute atomic E-state index is 0.0151. The van der Waals surface area contributed by atoms with Crippen LogP contribution in [0.3, 0.4) is 0 Å². The van der Waals surface area contributed by atoms with Crippen molar-refractivity contribution in [1.29, 1.82) is 0 Å². The van der Waals surface area contributed by atoms with Crippen molar-refractivity contribution in [3.8, 4) is 33.8 Å². The molecule has 6 aromatic rings. The molecule has 0 aliphatic carbocycles. The first-order chi connectivity index (χ1) is 18.0. The van der Waals surface area contributed by atoms with Gasteiger partial charge in [0.15, 0.2) is 16.5 Å². The van der Waals surface area contributed by atoms with E-state index in [0.29, 0.717) is 41.4 Å². The number of imidazole rings is 1. The second-order valence-corrected chi connectivity index (χ2v) is 10.3. The third kappa shape index (κ3) is 3.44. The average Bonchev–Trinajstić information content (AvgIpc) is 3.66. The summed E-state index contributed by atoms with van der Waals surface area (Å²) >= 11 is 0. The molecule has 0 fully saturated rings. The van der Waals surface area contributed by atoms with Crippen LogP contribution in [-0.2, 0) is 17.1 Å². The van der Waals surface area contributed by atoms with Gasteiger partial charge in [0.25, 0.3) is 0 Å². The van der Waals surface area contributed by atoms with E-state index in [9.17, 15) is 8.42 Å². The number of aromatic nitrogens is 7. The van der Waals surface area contributed by atoms with Crippen LogP contribution in [0.2, 0.25) is 0 Å². The van der Waals surface area contributed by atoms with Crippen LogP contribution in [-0.4, -0.2) is 55.0 Å². The largest absolute Gasteiger partial charge is 0.486 e. The molecule has 1 aliphatic rings. The Labute approximate surface area is 210 Å². The van der Waals surface area contributed by atoms with Gasteiger partial charge >= 0.3 is 10.0 Å². The zero-order valence-electron chi connectivity index (χ0n) is 19.5. The summed E-state index contributed by atoms with van der Waals surface area (Å²) in [5, 5.41) is 8.34. The van der Waals surface area contributed by atoms with Crippen molar-refractivity contribution in [1.82, 2.24) is 33.3 Å². The smallest absolute Gasteiger partial charge is 0.301 e. The number of hydrogen-bond donors (Lipinski definition) is 0. The molecule has 6 heterocycles. The van der Waals surface area contributed by atoms with Gasteiger partial charge in [-0.1, -0.05) is 6.07 Å². The molecule has 37 heavy (non-hydrogen) atoms. The van der Waals surface area contributed by atoms with E-state index >= 15 is 0 Å². The van der Waals surface area contributed by atoms with Crippen molar-refractivity contribution in [2.24, 2.45) is 7.05 Å². The first-order valence-electron chi connectivity index (χ1n) is 11.4. The topological polar surface area (TPSA) is 118 Å². The van der Waals surface area contributed by atoms with Gasteiger partial charge in [0.1, 0.15) is 29.9 Å². The first-order valence-corrected chi connectivity index (χ1v) is 12.9. The Hall–Kier alpha value is -4.71. The lowest BCUT2D eigenvalue weighted by Crippen LogP contribution is -2.16. The molecular weight excluding hydrogens is 494 g/mol. The van der Waals surface area contributed by atoms with Crippen LogP contribution in [0.5, 0.6) is 11.5 Å². The van der Waals surface area contributed by atoms with Crippen molar-refractivity contribution in [2.75, 3.05) is 13.2 Å². The lowest BCUT2D eigenvalue weighted by Gasteiger charge is -2.19. The Morgan fingerprint density at radius 1 is 0.784 bits per heavy atom. The summed E-state index contributed by atoms with van der Waals surface area (Å²) in [5.41, 5.74) is 4.52. The van der Waals surface area contributed by atoms with E-state index in [2.05, 4.69) is 20.2 Å². The molecular formula is C25H19N7O4S. The fraction of sp³-hybridized carbons (Fsp3) is 0.120. The highest BCUT2D eigenvalue weighted by atomic mass is 32.2. The molecule has 0 atom stereocenters. The van der Waals surface area contributed by atoms with Crippen LogP contribution >= 0.6 is 0 Å². The number of rotatable bonds is 4. The van der Waals surface area contributed by atoms with Crippen molar-refractivity contribution in [3.63, 3.8) is 0 Å². The SMILES string of the molecule is Cn1cc(-c2cnc3cnn(S(=O)(=O)c4cnc5ccc(-c6ccc7c(c6)OCCO7)cn45)c3c2)cn1. The van der Waals surface area contributed by atoms with Crippen LogP contribution in [0.1, 0.15) is 0 Å². The standard InChI is InChI=1S/C25H19N7O4S/c1-30-14-19(11-28-30)18-8-21-20(26-10-18)12-29-32(21)37(33,34)25-13-27-24-5-3-17(15-31(24)25)16-2-4-22-23(9-16)36-7-6-35-22/h2-5,8-15H,6-7H2,1H3. The Balaban J connectivity index is 1.34. The summed E-state index contributed by atoms with van der Waals surface area (Å²) in [4.78, 5) is 8.72. The van der Waals surface area contributed by atoms with E-state index in [4.69, 9.17) is 9.47 Å². The molecule has 11 nitrogen and oxygen atoms in total. The zero-order valence-corrected chi connectivity index (χ0v) is 20.3. The normalized spacial score (nSPS) is 13.4. The van der Waals surface area contributed by atoms with Crippen molar-refractivity contribution < 1.29 is 17.9 Å². The Morgan fingerprint density at radius 3 is 2.46 bits per heavy atom. The summed E-state index contributed by atoms with van der Waals surface area (Å²) in [7, 11) is -2.30. The minimum Gasteiger partial charge on any atom is -0.486 e. The highest BCUT2D eigenvalue weighted by molar-refractivity contribution is 7.90. The third-order valence-electron chi connectivity index (χ3n) is 6.27. The third-order valence-corrected chi connectivity index (χ3v) is 7.84. The number of fused-ring (bicyclic) bond motifs is 3. The maximum Gasteiger partial charge on any atom is 0.301 e. The highest BCUT2D eigenvalue weighted by Crippen LogP contribution is 2.35. The van der Waals surface area contributed by atoms with Gasteiger partial charge in [0.2, 0.25) is 0 Å². The monoisotopic (exact) mass is 513 g/mol. The lowest BCUT2D eigenvalue weighted by molar-refractivity contribution is 0.171. The van der Waals surface area contributed by atoms with E-state index in [1.807, 2.05) is 37.5 Å². The number of hydrogen-bond acceptors (Lipinski definition) is 8. The van der Waals surface area contributed by atoms with E-state index in [0.717, 1.165) is 26.3 Å². The van der Waals surface area contributed by atoms with Gasteiger partial charge in [-0.2, -0.15) is 22.7 Å². The summed E-state index contributed by atoms with van der Waals surface area (Å²) in [6.45, 7) is 0.991. The molecule has 0 unspecified atom stereocenters. The minimum atomic E-state index is -4.11. The lowest BCUT2D eigenvalue weighted by atomic mass is 10.1. The molecule has 1 aromatic carbocycles. The van der Waals surface area contributed by atoms with Gasteiger partial charge in [0, 0.05) is 36.8 Å². The first kappa shape index (κ1) is 21.6. The number of pyridine rings is 2. The van der Waals surface area contributed by atoms with Crippen molar-refractivity contribution in [3.05, 3.63) is 73.6 Å². The molecule has 184 valence electrons. The fourth-order valence-corrected chi connectivity index (χ4v) is 5.77. The number of ether oxygens (including phenoxy) is 2. The van der Waals surface area contributed by atoms with Gasteiger partial charge in [-0.15, -0.1) is 0 Å². The molecule has 1 aliphatic heterocycles.